The number of aromatic nitrogens is 6. The van der Waals surface area contributed by atoms with Gasteiger partial charge in [0.05, 0.1) is 32.8 Å². The van der Waals surface area contributed by atoms with Gasteiger partial charge in [0.1, 0.15) is 5.56 Å². The number of aryl methyl sites for hydroxylation is 1. The summed E-state index contributed by atoms with van der Waals surface area (Å²) < 4.78 is 4.93. The predicted molar refractivity (Wildman–Crippen MR) is 174 cm³/mol. The number of hydrogen-bond acceptors (Lipinski definition) is 6. The highest BCUT2D eigenvalue weighted by Gasteiger charge is 2.24. The summed E-state index contributed by atoms with van der Waals surface area (Å²) in [5.74, 6) is 5.90. The molecule has 0 aliphatic rings. The minimum Gasteiger partial charge on any atom is -0.381 e. The van der Waals surface area contributed by atoms with Crippen LogP contribution in [0.15, 0.2) is 84.0 Å². The van der Waals surface area contributed by atoms with E-state index in [-0.39, 0.29) is 20.9 Å². The first kappa shape index (κ1) is 28.2. The van der Waals surface area contributed by atoms with Crippen LogP contribution in [0.5, 0.6) is 0 Å². The lowest BCUT2D eigenvalue weighted by atomic mass is 10.0. The summed E-state index contributed by atoms with van der Waals surface area (Å²) in [6.07, 6.45) is 5.24. The Bertz CT molecular complexity index is 2130. The van der Waals surface area contributed by atoms with Crippen molar-refractivity contribution in [2.24, 2.45) is 7.05 Å². The molecule has 0 spiro atoms. The number of carbonyl (C=O) groups is 1. The molecule has 0 saturated heterocycles. The maximum atomic E-state index is 14.3. The molecule has 6 rings (SSSR count). The van der Waals surface area contributed by atoms with Crippen molar-refractivity contribution >= 4 is 50.7 Å². The number of nitrogens with one attached hydrogen (secondary N) is 1. The molecule has 0 fully saturated rings. The zero-order chi connectivity index (χ0) is 30.2. The van der Waals surface area contributed by atoms with Crippen molar-refractivity contribution < 1.29 is 4.79 Å². The highest BCUT2D eigenvalue weighted by Crippen LogP contribution is 2.26. The molecule has 3 N–H and O–H groups in total. The minimum atomic E-state index is -0.587. The third-order valence-corrected chi connectivity index (χ3v) is 7.73. The molecule has 0 aliphatic carbocycles. The van der Waals surface area contributed by atoms with Gasteiger partial charge in [-0.15, -0.1) is 5.10 Å². The Balaban J connectivity index is 1.46. The molecule has 10 nitrogen and oxygen atoms in total. The number of amides is 1. The van der Waals surface area contributed by atoms with Crippen LogP contribution in [0.4, 0.5) is 5.82 Å². The van der Waals surface area contributed by atoms with Crippen LogP contribution in [0.1, 0.15) is 56.7 Å². The monoisotopic (exact) mass is 682 g/mol. The normalized spacial score (nSPS) is 12.6. The number of rotatable bonds is 5. The Hall–Kier alpha value is -4.96. The van der Waals surface area contributed by atoms with E-state index < -0.39 is 11.9 Å². The molecule has 1 amide bonds. The third-order valence-electron chi connectivity index (χ3n) is 7.10. The smallest absolute Gasteiger partial charge is 0.264 e. The number of benzene rings is 2. The zero-order valence-corrected chi connectivity index (χ0v) is 25.8. The van der Waals surface area contributed by atoms with Crippen molar-refractivity contribution in [1.29, 1.82) is 0 Å². The van der Waals surface area contributed by atoms with E-state index in [1.165, 1.54) is 4.52 Å². The van der Waals surface area contributed by atoms with Crippen molar-refractivity contribution in [1.82, 2.24) is 34.3 Å². The highest BCUT2D eigenvalue weighted by molar-refractivity contribution is 14.1. The molecule has 11 heteroatoms. The van der Waals surface area contributed by atoms with E-state index in [1.54, 1.807) is 21.6 Å². The number of fused-ring (bicyclic) bond motifs is 2. The lowest BCUT2D eigenvalue weighted by molar-refractivity contribution is 0.0941. The van der Waals surface area contributed by atoms with Crippen LogP contribution in [0.3, 0.4) is 0 Å². The number of carbonyl (C=O) groups excluding carboxylic acids is 1. The Morgan fingerprint density at radius 1 is 1.07 bits per heavy atom. The van der Waals surface area contributed by atoms with Gasteiger partial charge in [0.25, 0.3) is 11.5 Å². The SMILES string of the molecule is CC(I)c1ccn2nc(N)c(C(=O)N[C@H](C)c3cc4cccc(C#Cc5cnn(C)c5)c4c(=O)n3-c3ccccc3)c2n1. The molecule has 6 aromatic rings. The summed E-state index contributed by atoms with van der Waals surface area (Å²) in [6, 6.07) is 18.1. The number of nitrogens with zero attached hydrogens (tertiary/aromatic N) is 6. The first-order valence-corrected chi connectivity index (χ1v) is 14.8. The van der Waals surface area contributed by atoms with Crippen LogP contribution in [-0.2, 0) is 7.05 Å². The summed E-state index contributed by atoms with van der Waals surface area (Å²) in [5.41, 5.74) is 9.94. The number of halogens is 1. The van der Waals surface area contributed by atoms with Crippen LogP contribution in [0.25, 0.3) is 22.1 Å². The highest BCUT2D eigenvalue weighted by atomic mass is 127. The van der Waals surface area contributed by atoms with E-state index in [1.807, 2.05) is 87.8 Å². The molecule has 43 heavy (non-hydrogen) atoms. The lowest BCUT2D eigenvalue weighted by Crippen LogP contribution is -2.32. The fraction of sp³-hybridized carbons (Fsp3) is 0.156. The van der Waals surface area contributed by atoms with Crippen LogP contribution in [-0.4, -0.2) is 34.9 Å². The van der Waals surface area contributed by atoms with Crippen molar-refractivity contribution in [3.05, 3.63) is 118 Å². The summed E-state index contributed by atoms with van der Waals surface area (Å²) in [6.45, 7) is 3.84. The summed E-state index contributed by atoms with van der Waals surface area (Å²) in [5, 5.41) is 12.7. The van der Waals surface area contributed by atoms with Crippen LogP contribution >= 0.6 is 22.6 Å². The largest absolute Gasteiger partial charge is 0.381 e. The van der Waals surface area contributed by atoms with Crippen LogP contribution in [0, 0.1) is 11.8 Å². The second-order valence-corrected chi connectivity index (χ2v) is 12.0. The molecule has 1 unspecified atom stereocenters. The third kappa shape index (κ3) is 5.37. The predicted octanol–water partition coefficient (Wildman–Crippen LogP) is 4.74. The molecule has 0 saturated carbocycles. The fourth-order valence-corrected chi connectivity index (χ4v) is 5.36. The topological polar surface area (TPSA) is 125 Å². The Morgan fingerprint density at radius 2 is 1.86 bits per heavy atom. The summed E-state index contributed by atoms with van der Waals surface area (Å²) >= 11 is 2.27. The molecule has 4 heterocycles. The molecule has 0 radical (unpaired) electrons. The van der Waals surface area contributed by atoms with Crippen molar-refractivity contribution in [3.63, 3.8) is 0 Å². The maximum Gasteiger partial charge on any atom is 0.264 e. The first-order chi connectivity index (χ1) is 20.7. The molecular weight excluding hydrogens is 655 g/mol. The van der Waals surface area contributed by atoms with Gasteiger partial charge in [-0.05, 0) is 49.6 Å². The second-order valence-electron chi connectivity index (χ2n) is 10.2. The molecular formula is C32H27IN8O2. The molecule has 2 aromatic carbocycles. The van der Waals surface area contributed by atoms with Gasteiger partial charge >= 0.3 is 0 Å². The molecule has 214 valence electrons. The van der Waals surface area contributed by atoms with Crippen molar-refractivity contribution in [2.75, 3.05) is 5.73 Å². The molecule has 2 atom stereocenters. The quantitative estimate of drug-likeness (QED) is 0.154. The Kier molecular flexibility index (Phi) is 7.45. The van der Waals surface area contributed by atoms with E-state index in [0.717, 1.165) is 11.3 Å². The number of alkyl halides is 1. The number of nitrogens with two attached hydrogens (primary N) is 1. The van der Waals surface area contributed by atoms with E-state index in [2.05, 4.69) is 54.9 Å². The van der Waals surface area contributed by atoms with Gasteiger partial charge in [-0.25, -0.2) is 9.50 Å². The zero-order valence-electron chi connectivity index (χ0n) is 23.6. The minimum absolute atomic E-state index is 0.0752. The maximum absolute atomic E-state index is 14.3. The molecule has 0 bridgehead atoms. The molecule has 0 aliphatic heterocycles. The number of para-hydroxylation sites is 1. The Morgan fingerprint density at radius 3 is 2.58 bits per heavy atom. The number of hydrogen-bond donors (Lipinski definition) is 2. The van der Waals surface area contributed by atoms with Crippen molar-refractivity contribution in [2.45, 2.75) is 23.8 Å². The average Bonchev–Trinajstić information content (AvgIpc) is 3.56. The van der Waals surface area contributed by atoms with Crippen molar-refractivity contribution in [3.8, 4) is 17.5 Å². The summed E-state index contributed by atoms with van der Waals surface area (Å²) in [4.78, 5) is 32.6. The van der Waals surface area contributed by atoms with Crippen LogP contribution in [0.2, 0.25) is 0 Å². The van der Waals surface area contributed by atoms with E-state index in [4.69, 9.17) is 5.73 Å². The first-order valence-electron chi connectivity index (χ1n) is 13.6. The molecule has 4 aromatic heterocycles. The number of nitrogen functional groups attached to an aromatic ring is 1. The van der Waals surface area contributed by atoms with Gasteiger partial charge in [-0.2, -0.15) is 5.10 Å². The van der Waals surface area contributed by atoms with E-state index in [9.17, 15) is 9.59 Å². The van der Waals surface area contributed by atoms with Gasteiger partial charge in [-0.3, -0.25) is 18.8 Å². The summed E-state index contributed by atoms with van der Waals surface area (Å²) in [7, 11) is 1.83. The van der Waals surface area contributed by atoms with Gasteiger partial charge in [-0.1, -0.05) is 64.8 Å². The van der Waals surface area contributed by atoms with Gasteiger partial charge < -0.3 is 11.1 Å². The average molecular weight is 683 g/mol. The lowest BCUT2D eigenvalue weighted by Gasteiger charge is -2.21. The van der Waals surface area contributed by atoms with E-state index >= 15 is 0 Å². The van der Waals surface area contributed by atoms with Gasteiger partial charge in [0.2, 0.25) is 0 Å². The van der Waals surface area contributed by atoms with Gasteiger partial charge in [0, 0.05) is 36.4 Å². The fourth-order valence-electron chi connectivity index (χ4n) is 5.02. The Labute approximate surface area is 260 Å². The van der Waals surface area contributed by atoms with Crippen LogP contribution < -0.4 is 16.6 Å². The van der Waals surface area contributed by atoms with E-state index in [0.29, 0.717) is 33.4 Å². The second kappa shape index (κ2) is 11.4. The standard InChI is InChI=1S/C32H27IN8O2/c1-19(33)25-14-15-40-30(37-25)28(29(34)38-40)31(42)36-20(2)26-16-23-9-7-8-22(13-12-21-17-35-39(3)18-21)27(23)32(43)41(26)24-10-5-4-6-11-24/h4-11,14-20H,1-3H3,(H2,34,38)(H,36,42)/t19?,20-/m1/s1. The number of pyridine rings is 1. The number of anilines is 1. The van der Waals surface area contributed by atoms with Gasteiger partial charge in [0.15, 0.2) is 11.5 Å².